The quantitative estimate of drug-likeness (QED) is 0.492. The maximum absolute atomic E-state index is 7.31. The Balaban J connectivity index is 1.97. The predicted octanol–water partition coefficient (Wildman–Crippen LogP) is 2.00. The molecule has 0 amide bonds. The van der Waals surface area contributed by atoms with Crippen molar-refractivity contribution < 1.29 is 0 Å². The van der Waals surface area contributed by atoms with Gasteiger partial charge in [-0.15, -0.1) is 11.8 Å². The zero-order valence-electron chi connectivity index (χ0n) is 9.55. The van der Waals surface area contributed by atoms with Gasteiger partial charge in [0.05, 0.1) is 6.20 Å². The van der Waals surface area contributed by atoms with Crippen molar-refractivity contribution in [2.24, 2.45) is 12.8 Å². The van der Waals surface area contributed by atoms with E-state index >= 15 is 0 Å². The Morgan fingerprint density at radius 2 is 2.12 bits per heavy atom. The van der Waals surface area contributed by atoms with Crippen LogP contribution in [0.4, 0.5) is 0 Å². The molecule has 2 rings (SSSR count). The van der Waals surface area contributed by atoms with E-state index in [1.165, 1.54) is 5.56 Å². The van der Waals surface area contributed by atoms with E-state index in [-0.39, 0.29) is 5.84 Å². The third-order valence-electron chi connectivity index (χ3n) is 2.35. The molecule has 0 saturated carbocycles. The number of thioether (sulfide) groups is 1. The molecule has 0 radical (unpaired) electrons. The maximum Gasteiger partial charge on any atom is 0.122 e. The van der Waals surface area contributed by atoms with Crippen molar-refractivity contribution in [2.45, 2.75) is 10.6 Å². The van der Waals surface area contributed by atoms with Crippen molar-refractivity contribution in [2.75, 3.05) is 0 Å². The highest BCUT2D eigenvalue weighted by molar-refractivity contribution is 7.98. The minimum Gasteiger partial charge on any atom is -0.384 e. The fraction of sp³-hybridized carbons (Fsp3) is 0.167. The predicted molar refractivity (Wildman–Crippen MR) is 70.2 cm³/mol. The topological polar surface area (TPSA) is 67.7 Å². The summed E-state index contributed by atoms with van der Waals surface area (Å²) in [6, 6.07) is 7.75. The van der Waals surface area contributed by atoms with E-state index in [0.717, 1.165) is 16.2 Å². The Bertz CT molecular complexity index is 516. The standard InChI is InChI=1S/C12H14N4S/c1-16-7-11(6-15-16)17-8-9-2-4-10(5-3-9)12(13)14/h2-7H,8H2,1H3,(H3,13,14). The van der Waals surface area contributed by atoms with E-state index in [9.17, 15) is 0 Å². The van der Waals surface area contributed by atoms with E-state index in [1.54, 1.807) is 16.4 Å². The highest BCUT2D eigenvalue weighted by atomic mass is 32.2. The Morgan fingerprint density at radius 1 is 1.41 bits per heavy atom. The molecule has 1 aromatic heterocycles. The Labute approximate surface area is 104 Å². The van der Waals surface area contributed by atoms with Gasteiger partial charge in [-0.05, 0) is 5.56 Å². The van der Waals surface area contributed by atoms with Crippen molar-refractivity contribution in [1.82, 2.24) is 9.78 Å². The van der Waals surface area contributed by atoms with Crippen LogP contribution in [0.25, 0.3) is 0 Å². The van der Waals surface area contributed by atoms with Crippen LogP contribution in [-0.4, -0.2) is 15.6 Å². The highest BCUT2D eigenvalue weighted by Crippen LogP contribution is 2.21. The van der Waals surface area contributed by atoms with Gasteiger partial charge in [-0.2, -0.15) is 5.10 Å². The summed E-state index contributed by atoms with van der Waals surface area (Å²) < 4.78 is 1.79. The molecule has 0 spiro atoms. The number of aromatic nitrogens is 2. The number of nitrogens with one attached hydrogen (secondary N) is 1. The third kappa shape index (κ3) is 3.10. The van der Waals surface area contributed by atoms with E-state index in [0.29, 0.717) is 0 Å². The average molecular weight is 246 g/mol. The van der Waals surface area contributed by atoms with Crippen molar-refractivity contribution in [3.63, 3.8) is 0 Å². The summed E-state index contributed by atoms with van der Waals surface area (Å²) >= 11 is 1.74. The van der Waals surface area contributed by atoms with E-state index in [4.69, 9.17) is 11.1 Å². The lowest BCUT2D eigenvalue weighted by Gasteiger charge is -2.02. The maximum atomic E-state index is 7.31. The van der Waals surface area contributed by atoms with Crippen LogP contribution < -0.4 is 5.73 Å². The lowest BCUT2D eigenvalue weighted by Crippen LogP contribution is -2.10. The summed E-state index contributed by atoms with van der Waals surface area (Å²) in [6.45, 7) is 0. The molecule has 0 atom stereocenters. The van der Waals surface area contributed by atoms with Crippen LogP contribution in [0.2, 0.25) is 0 Å². The number of rotatable bonds is 4. The molecule has 0 bridgehead atoms. The number of nitrogen functional groups attached to an aromatic ring is 1. The number of nitrogens with zero attached hydrogens (tertiary/aromatic N) is 2. The molecule has 0 saturated heterocycles. The molecule has 4 nitrogen and oxygen atoms in total. The van der Waals surface area contributed by atoms with Crippen LogP contribution in [-0.2, 0) is 12.8 Å². The number of benzene rings is 1. The molecular formula is C12H14N4S. The van der Waals surface area contributed by atoms with Gasteiger partial charge in [0.15, 0.2) is 0 Å². The molecule has 2 aromatic rings. The van der Waals surface area contributed by atoms with Gasteiger partial charge < -0.3 is 5.73 Å². The number of amidine groups is 1. The van der Waals surface area contributed by atoms with Crippen LogP contribution in [0.3, 0.4) is 0 Å². The largest absolute Gasteiger partial charge is 0.384 e. The van der Waals surface area contributed by atoms with Crippen molar-refractivity contribution in [3.8, 4) is 0 Å². The van der Waals surface area contributed by atoms with Gasteiger partial charge in [0.2, 0.25) is 0 Å². The Morgan fingerprint density at radius 3 is 2.65 bits per heavy atom. The monoisotopic (exact) mass is 246 g/mol. The second-order valence-corrected chi connectivity index (χ2v) is 4.80. The Kier molecular flexibility index (Phi) is 3.49. The second-order valence-electron chi connectivity index (χ2n) is 3.75. The van der Waals surface area contributed by atoms with Crippen LogP contribution in [0, 0.1) is 5.41 Å². The molecular weight excluding hydrogens is 232 g/mol. The van der Waals surface area contributed by atoms with Gasteiger partial charge in [0.25, 0.3) is 0 Å². The van der Waals surface area contributed by atoms with Gasteiger partial charge in [0, 0.05) is 29.5 Å². The summed E-state index contributed by atoms with van der Waals surface area (Å²) in [4.78, 5) is 1.16. The highest BCUT2D eigenvalue weighted by Gasteiger charge is 2.00. The number of aryl methyl sites for hydroxylation is 1. The smallest absolute Gasteiger partial charge is 0.122 e. The minimum atomic E-state index is 0.108. The summed E-state index contributed by atoms with van der Waals surface area (Å²) in [6.07, 6.45) is 3.85. The lowest BCUT2D eigenvalue weighted by molar-refractivity contribution is 0.766. The number of hydrogen-bond donors (Lipinski definition) is 2. The van der Waals surface area contributed by atoms with Gasteiger partial charge in [0.1, 0.15) is 5.84 Å². The second kappa shape index (κ2) is 5.05. The zero-order valence-corrected chi connectivity index (χ0v) is 10.4. The van der Waals surface area contributed by atoms with Crippen molar-refractivity contribution >= 4 is 17.6 Å². The first-order chi connectivity index (χ1) is 8.15. The van der Waals surface area contributed by atoms with Gasteiger partial charge in [-0.25, -0.2) is 0 Å². The summed E-state index contributed by atoms with van der Waals surface area (Å²) in [5.41, 5.74) is 7.37. The molecule has 88 valence electrons. The van der Waals surface area contributed by atoms with Crippen LogP contribution in [0.1, 0.15) is 11.1 Å². The molecule has 5 heteroatoms. The normalized spacial score (nSPS) is 10.4. The summed E-state index contributed by atoms with van der Waals surface area (Å²) in [5.74, 6) is 1.00. The van der Waals surface area contributed by atoms with Gasteiger partial charge >= 0.3 is 0 Å². The van der Waals surface area contributed by atoms with Gasteiger partial charge in [-0.1, -0.05) is 24.3 Å². The van der Waals surface area contributed by atoms with Crippen molar-refractivity contribution in [3.05, 3.63) is 47.8 Å². The fourth-order valence-electron chi connectivity index (χ4n) is 1.42. The lowest BCUT2D eigenvalue weighted by atomic mass is 10.1. The molecule has 3 N–H and O–H groups in total. The molecule has 1 heterocycles. The molecule has 0 fully saturated rings. The minimum absolute atomic E-state index is 0.108. The number of hydrogen-bond acceptors (Lipinski definition) is 3. The SMILES string of the molecule is Cn1cc(SCc2ccc(C(=N)N)cc2)cn1. The molecule has 0 aliphatic carbocycles. The van der Waals surface area contributed by atoms with E-state index in [1.807, 2.05) is 43.7 Å². The summed E-state index contributed by atoms with van der Waals surface area (Å²) in [5, 5.41) is 11.4. The van der Waals surface area contributed by atoms with Gasteiger partial charge in [-0.3, -0.25) is 10.1 Å². The zero-order chi connectivity index (χ0) is 12.3. The van der Waals surface area contributed by atoms with Crippen molar-refractivity contribution in [1.29, 1.82) is 5.41 Å². The molecule has 0 aliphatic rings. The van der Waals surface area contributed by atoms with Crippen LogP contribution in [0.5, 0.6) is 0 Å². The third-order valence-corrected chi connectivity index (χ3v) is 3.37. The molecule has 17 heavy (non-hydrogen) atoms. The van der Waals surface area contributed by atoms with E-state index < -0.39 is 0 Å². The molecule has 0 unspecified atom stereocenters. The van der Waals surface area contributed by atoms with E-state index in [2.05, 4.69) is 5.10 Å². The first-order valence-electron chi connectivity index (χ1n) is 5.20. The van der Waals surface area contributed by atoms with Crippen LogP contribution >= 0.6 is 11.8 Å². The summed E-state index contributed by atoms with van der Waals surface area (Å²) in [7, 11) is 1.91. The molecule has 0 aliphatic heterocycles. The fourth-order valence-corrected chi connectivity index (χ4v) is 2.30. The first kappa shape index (κ1) is 11.7. The number of nitrogens with two attached hydrogens (primary N) is 1. The Hall–Kier alpha value is -1.75. The van der Waals surface area contributed by atoms with Crippen LogP contribution in [0.15, 0.2) is 41.6 Å². The molecule has 1 aromatic carbocycles. The first-order valence-corrected chi connectivity index (χ1v) is 6.18. The average Bonchev–Trinajstić information content (AvgIpc) is 2.73.